The van der Waals surface area contributed by atoms with Crippen molar-refractivity contribution in [2.75, 3.05) is 19.5 Å². The molecular weight excluding hydrogens is 352 g/mol. The van der Waals surface area contributed by atoms with E-state index in [1.54, 1.807) is 11.8 Å². The monoisotopic (exact) mass is 374 g/mol. The zero-order chi connectivity index (χ0) is 18.7. The van der Waals surface area contributed by atoms with Gasteiger partial charge in [-0.1, -0.05) is 30.8 Å². The van der Waals surface area contributed by atoms with Crippen molar-refractivity contribution in [1.82, 2.24) is 4.90 Å². The summed E-state index contributed by atoms with van der Waals surface area (Å²) >= 11 is 1.53. The van der Waals surface area contributed by atoms with Gasteiger partial charge in [-0.3, -0.25) is 9.69 Å². The summed E-state index contributed by atoms with van der Waals surface area (Å²) in [7, 11) is 1.34. The molecule has 1 saturated heterocycles. The lowest BCUT2D eigenvalue weighted by Crippen LogP contribution is -2.45. The van der Waals surface area contributed by atoms with Crippen LogP contribution in [0.3, 0.4) is 0 Å². The van der Waals surface area contributed by atoms with E-state index in [1.807, 2.05) is 31.2 Å². The van der Waals surface area contributed by atoms with Gasteiger partial charge < -0.3 is 9.47 Å². The molecule has 1 fully saturated rings. The number of aliphatic imine (C=N–C) groups is 1. The number of rotatable bonds is 5. The second kappa shape index (κ2) is 7.95. The van der Waals surface area contributed by atoms with Crippen molar-refractivity contribution in [2.45, 2.75) is 32.7 Å². The molecule has 138 valence electrons. The van der Waals surface area contributed by atoms with Crippen molar-refractivity contribution < 1.29 is 19.1 Å². The first kappa shape index (κ1) is 18.5. The second-order valence-electron chi connectivity index (χ2n) is 6.07. The van der Waals surface area contributed by atoms with Crippen LogP contribution in [-0.2, 0) is 14.3 Å². The van der Waals surface area contributed by atoms with E-state index < -0.39 is 12.0 Å². The van der Waals surface area contributed by atoms with Crippen molar-refractivity contribution in [2.24, 2.45) is 4.99 Å². The summed E-state index contributed by atoms with van der Waals surface area (Å²) in [6.45, 7) is 4.47. The smallest absolute Gasteiger partial charge is 0.338 e. The van der Waals surface area contributed by atoms with Crippen LogP contribution in [0.15, 0.2) is 40.5 Å². The van der Waals surface area contributed by atoms with Gasteiger partial charge in [0, 0.05) is 12.2 Å². The summed E-state index contributed by atoms with van der Waals surface area (Å²) in [5.41, 5.74) is 1.81. The minimum Gasteiger partial charge on any atom is -0.494 e. The minimum absolute atomic E-state index is 0.0345. The number of carbonyl (C=O) groups excluding carboxylic acids is 2. The van der Waals surface area contributed by atoms with E-state index >= 15 is 0 Å². The Morgan fingerprint density at radius 1 is 1.35 bits per heavy atom. The molecule has 6 nitrogen and oxygen atoms in total. The lowest BCUT2D eigenvalue weighted by Gasteiger charge is -2.38. The Bertz CT molecular complexity index is 770. The number of carbonyl (C=O) groups is 2. The van der Waals surface area contributed by atoms with Crippen molar-refractivity contribution in [3.8, 4) is 5.75 Å². The Morgan fingerprint density at radius 2 is 2.08 bits per heavy atom. The van der Waals surface area contributed by atoms with Gasteiger partial charge in [-0.05, 0) is 31.0 Å². The number of ether oxygens (including phenoxy) is 2. The number of allylic oxidation sites excluding steroid dienone is 1. The number of hydrogen-bond donors (Lipinski definition) is 0. The predicted octanol–water partition coefficient (Wildman–Crippen LogP) is 3.30. The molecule has 1 amide bonds. The van der Waals surface area contributed by atoms with Crippen LogP contribution in [-0.4, -0.2) is 41.4 Å². The average Bonchev–Trinajstić information content (AvgIpc) is 2.65. The van der Waals surface area contributed by atoms with Gasteiger partial charge in [0.1, 0.15) is 5.75 Å². The van der Waals surface area contributed by atoms with Crippen LogP contribution in [0.2, 0.25) is 0 Å². The summed E-state index contributed by atoms with van der Waals surface area (Å²) < 4.78 is 10.6. The highest BCUT2D eigenvalue weighted by Gasteiger charge is 2.41. The minimum atomic E-state index is -0.532. The maximum Gasteiger partial charge on any atom is 0.338 e. The van der Waals surface area contributed by atoms with E-state index in [0.29, 0.717) is 35.2 Å². The maximum absolute atomic E-state index is 12.6. The van der Waals surface area contributed by atoms with E-state index in [0.717, 1.165) is 17.7 Å². The predicted molar refractivity (Wildman–Crippen MR) is 101 cm³/mol. The molecule has 1 unspecified atom stereocenters. The average molecular weight is 374 g/mol. The third kappa shape index (κ3) is 3.49. The highest BCUT2D eigenvalue weighted by atomic mass is 32.2. The molecule has 1 atom stereocenters. The van der Waals surface area contributed by atoms with E-state index in [4.69, 9.17) is 9.47 Å². The Balaban J connectivity index is 2.03. The molecule has 0 spiro atoms. The molecule has 26 heavy (non-hydrogen) atoms. The summed E-state index contributed by atoms with van der Waals surface area (Å²) in [5.74, 6) is 0.962. The van der Waals surface area contributed by atoms with Crippen molar-refractivity contribution >= 4 is 28.8 Å². The number of benzene rings is 1. The molecule has 1 aromatic rings. The largest absolute Gasteiger partial charge is 0.494 e. The van der Waals surface area contributed by atoms with Crippen LogP contribution in [0.5, 0.6) is 5.75 Å². The lowest BCUT2D eigenvalue weighted by molar-refractivity contribution is -0.137. The molecule has 0 radical (unpaired) electrons. The van der Waals surface area contributed by atoms with Gasteiger partial charge in [-0.15, -0.1) is 0 Å². The topological polar surface area (TPSA) is 68.2 Å². The zero-order valence-electron chi connectivity index (χ0n) is 15.2. The standard InChI is InChI=1S/C19H22N2O4S/c1-4-10-25-14-7-5-13(6-8-14)17-16(18(23)24-3)12(2)20-19-21(17)15(22)9-11-26-19/h5-8,17H,4,9-11H2,1-3H3. The first-order valence-corrected chi connectivity index (χ1v) is 9.60. The fourth-order valence-corrected chi connectivity index (χ4v) is 4.06. The van der Waals surface area contributed by atoms with Crippen LogP contribution >= 0.6 is 11.8 Å². The van der Waals surface area contributed by atoms with E-state index in [2.05, 4.69) is 4.99 Å². The molecule has 0 bridgehead atoms. The molecule has 0 saturated carbocycles. The Labute approximate surface area is 157 Å². The molecule has 1 aromatic carbocycles. The van der Waals surface area contributed by atoms with Crippen molar-refractivity contribution in [3.63, 3.8) is 0 Å². The van der Waals surface area contributed by atoms with Crippen molar-refractivity contribution in [1.29, 1.82) is 0 Å². The van der Waals surface area contributed by atoms with Gasteiger partial charge in [0.25, 0.3) is 0 Å². The van der Waals surface area contributed by atoms with E-state index in [1.165, 1.54) is 18.9 Å². The van der Waals surface area contributed by atoms with E-state index in [9.17, 15) is 9.59 Å². The molecule has 0 N–H and O–H groups in total. The van der Waals surface area contributed by atoms with Gasteiger partial charge in [0.15, 0.2) is 5.17 Å². The summed E-state index contributed by atoms with van der Waals surface area (Å²) in [6, 6.07) is 6.98. The SMILES string of the molecule is CCCOc1ccc(C2C(C(=O)OC)=C(C)N=C3SCCC(=O)N32)cc1. The summed E-state index contributed by atoms with van der Waals surface area (Å²) in [4.78, 5) is 31.1. The van der Waals surface area contributed by atoms with Gasteiger partial charge in [0.2, 0.25) is 5.91 Å². The normalized spacial score (nSPS) is 19.8. The highest BCUT2D eigenvalue weighted by molar-refractivity contribution is 8.14. The summed E-state index contributed by atoms with van der Waals surface area (Å²) in [5, 5.41) is 0.641. The number of esters is 1. The molecule has 2 aliphatic rings. The number of thioether (sulfide) groups is 1. The number of fused-ring (bicyclic) bond motifs is 1. The Morgan fingerprint density at radius 3 is 2.73 bits per heavy atom. The van der Waals surface area contributed by atoms with Gasteiger partial charge in [-0.2, -0.15) is 0 Å². The molecule has 0 aliphatic carbocycles. The fraction of sp³-hybridized carbons (Fsp3) is 0.421. The Hall–Kier alpha value is -2.28. The number of nitrogens with zero attached hydrogens (tertiary/aromatic N) is 2. The molecule has 2 heterocycles. The summed E-state index contributed by atoms with van der Waals surface area (Å²) in [6.07, 6.45) is 1.35. The maximum atomic E-state index is 12.6. The molecule has 3 rings (SSSR count). The highest BCUT2D eigenvalue weighted by Crippen LogP contribution is 2.40. The molecule has 7 heteroatoms. The van der Waals surface area contributed by atoms with E-state index in [-0.39, 0.29) is 5.91 Å². The van der Waals surface area contributed by atoms with Gasteiger partial charge in [-0.25, -0.2) is 9.79 Å². The van der Waals surface area contributed by atoms with Crippen LogP contribution in [0.4, 0.5) is 0 Å². The van der Waals surface area contributed by atoms with Gasteiger partial charge in [0.05, 0.1) is 31.0 Å². The molecular formula is C19H22N2O4S. The van der Waals surface area contributed by atoms with Gasteiger partial charge >= 0.3 is 5.97 Å². The van der Waals surface area contributed by atoms with Crippen molar-refractivity contribution in [3.05, 3.63) is 41.1 Å². The lowest BCUT2D eigenvalue weighted by atomic mass is 9.94. The third-order valence-electron chi connectivity index (χ3n) is 4.28. The molecule has 0 aromatic heterocycles. The number of methoxy groups -OCH3 is 1. The first-order valence-electron chi connectivity index (χ1n) is 8.62. The Kier molecular flexibility index (Phi) is 5.66. The fourth-order valence-electron chi connectivity index (χ4n) is 3.05. The molecule has 2 aliphatic heterocycles. The third-order valence-corrected chi connectivity index (χ3v) is 5.24. The zero-order valence-corrected chi connectivity index (χ0v) is 16.0. The number of amides is 1. The van der Waals surface area contributed by atoms with Crippen LogP contribution in [0, 0.1) is 0 Å². The van der Waals surface area contributed by atoms with Crippen LogP contribution in [0.25, 0.3) is 0 Å². The quantitative estimate of drug-likeness (QED) is 0.740. The first-order chi connectivity index (χ1) is 12.6. The van der Waals surface area contributed by atoms with Crippen LogP contribution in [0.1, 0.15) is 38.3 Å². The number of amidine groups is 1. The van der Waals surface area contributed by atoms with Crippen LogP contribution < -0.4 is 4.74 Å². The second-order valence-corrected chi connectivity index (χ2v) is 7.13. The number of hydrogen-bond acceptors (Lipinski definition) is 6.